The topological polar surface area (TPSA) is 29.3 Å². The van der Waals surface area contributed by atoms with Crippen LogP contribution in [0.3, 0.4) is 0 Å². The highest BCUT2D eigenvalue weighted by molar-refractivity contribution is 8.00. The van der Waals surface area contributed by atoms with E-state index in [1.165, 1.54) is 44.0 Å². The molecule has 3 heteroatoms. The summed E-state index contributed by atoms with van der Waals surface area (Å²) in [5, 5.41) is 0. The molecule has 0 unspecified atom stereocenters. The van der Waals surface area contributed by atoms with Gasteiger partial charge >= 0.3 is 0 Å². The van der Waals surface area contributed by atoms with Crippen LogP contribution in [0.5, 0.6) is 0 Å². The molecule has 2 nitrogen and oxygen atoms in total. The second-order valence-corrected chi connectivity index (χ2v) is 5.47. The van der Waals surface area contributed by atoms with Crippen molar-refractivity contribution < 1.29 is 0 Å². The lowest BCUT2D eigenvalue weighted by Crippen LogP contribution is -2.48. The van der Waals surface area contributed by atoms with E-state index in [0.29, 0.717) is 0 Å². The number of hydrogen-bond acceptors (Lipinski definition) is 3. The Bertz CT molecular complexity index is 153. The van der Waals surface area contributed by atoms with Gasteiger partial charge in [0, 0.05) is 13.1 Å². The summed E-state index contributed by atoms with van der Waals surface area (Å²) in [6, 6.07) is 0. The van der Waals surface area contributed by atoms with Crippen molar-refractivity contribution in [3.8, 4) is 0 Å². The van der Waals surface area contributed by atoms with Crippen LogP contribution in [-0.4, -0.2) is 42.6 Å². The van der Waals surface area contributed by atoms with Crippen LogP contribution in [0, 0.1) is 11.8 Å². The van der Waals surface area contributed by atoms with E-state index in [1.54, 1.807) is 0 Å². The van der Waals surface area contributed by atoms with Crippen LogP contribution in [0.25, 0.3) is 0 Å². The maximum absolute atomic E-state index is 5.52. The first-order valence-corrected chi connectivity index (χ1v) is 6.54. The molecule has 2 fully saturated rings. The number of thioether (sulfide) groups is 1. The molecular formula is C10H20N2S. The summed E-state index contributed by atoms with van der Waals surface area (Å²) in [4.78, 5) is 2.59. The lowest BCUT2D eigenvalue weighted by atomic mass is 9.95. The average Bonchev–Trinajstić information content (AvgIpc) is 1.96. The van der Waals surface area contributed by atoms with Crippen LogP contribution < -0.4 is 5.73 Å². The first kappa shape index (κ1) is 9.81. The molecule has 0 aromatic carbocycles. The fraction of sp³-hybridized carbons (Fsp3) is 1.00. The number of rotatable bonds is 5. The molecule has 2 aliphatic rings. The Morgan fingerprint density at radius 3 is 2.46 bits per heavy atom. The van der Waals surface area contributed by atoms with Crippen molar-refractivity contribution in [2.24, 2.45) is 17.6 Å². The molecule has 13 heavy (non-hydrogen) atoms. The van der Waals surface area contributed by atoms with Crippen molar-refractivity contribution in [2.45, 2.75) is 12.8 Å². The Labute approximate surface area is 85.2 Å². The molecule has 0 amide bonds. The van der Waals surface area contributed by atoms with Crippen LogP contribution in [0.1, 0.15) is 12.8 Å². The van der Waals surface area contributed by atoms with Crippen LogP contribution in [0.15, 0.2) is 0 Å². The van der Waals surface area contributed by atoms with Crippen molar-refractivity contribution >= 4 is 11.8 Å². The number of nitrogens with zero attached hydrogens (tertiary/aromatic N) is 1. The molecule has 76 valence electrons. The molecule has 0 spiro atoms. The van der Waals surface area contributed by atoms with Crippen LogP contribution in [0.4, 0.5) is 0 Å². The van der Waals surface area contributed by atoms with Crippen molar-refractivity contribution in [1.82, 2.24) is 4.90 Å². The smallest absolute Gasteiger partial charge is 0.00225 e. The van der Waals surface area contributed by atoms with Gasteiger partial charge in [-0.25, -0.2) is 0 Å². The molecule has 0 saturated carbocycles. The van der Waals surface area contributed by atoms with Gasteiger partial charge in [0.1, 0.15) is 0 Å². The SMILES string of the molecule is NCCC1CN(CCC2CSC2)C1. The summed E-state index contributed by atoms with van der Waals surface area (Å²) in [7, 11) is 0. The zero-order valence-electron chi connectivity index (χ0n) is 8.24. The van der Waals surface area contributed by atoms with Gasteiger partial charge in [0.15, 0.2) is 0 Å². The predicted molar refractivity (Wildman–Crippen MR) is 59.0 cm³/mol. The summed E-state index contributed by atoms with van der Waals surface area (Å²) in [6.07, 6.45) is 2.66. The van der Waals surface area contributed by atoms with E-state index in [-0.39, 0.29) is 0 Å². The lowest BCUT2D eigenvalue weighted by molar-refractivity contribution is 0.0907. The number of likely N-dealkylation sites (tertiary alicyclic amines) is 1. The zero-order chi connectivity index (χ0) is 9.10. The van der Waals surface area contributed by atoms with Crippen LogP contribution in [0.2, 0.25) is 0 Å². The van der Waals surface area contributed by atoms with E-state index in [4.69, 9.17) is 5.73 Å². The average molecular weight is 200 g/mol. The highest BCUT2D eigenvalue weighted by Crippen LogP contribution is 2.28. The first-order chi connectivity index (χ1) is 6.38. The molecule has 0 aliphatic carbocycles. The van der Waals surface area contributed by atoms with Gasteiger partial charge in [0.2, 0.25) is 0 Å². The van der Waals surface area contributed by atoms with E-state index in [1.807, 2.05) is 0 Å². The van der Waals surface area contributed by atoms with Crippen molar-refractivity contribution in [2.75, 3.05) is 37.7 Å². The molecule has 2 heterocycles. The van der Waals surface area contributed by atoms with E-state index < -0.39 is 0 Å². The molecule has 0 aromatic heterocycles. The third-order valence-electron chi connectivity index (χ3n) is 3.17. The molecular weight excluding hydrogens is 180 g/mol. The molecule has 2 aliphatic heterocycles. The molecule has 2 saturated heterocycles. The minimum atomic E-state index is 0.873. The quantitative estimate of drug-likeness (QED) is 0.718. The van der Waals surface area contributed by atoms with E-state index >= 15 is 0 Å². The maximum Gasteiger partial charge on any atom is 0.00225 e. The number of nitrogens with two attached hydrogens (primary N) is 1. The first-order valence-electron chi connectivity index (χ1n) is 5.38. The Kier molecular flexibility index (Phi) is 3.52. The van der Waals surface area contributed by atoms with Crippen LogP contribution >= 0.6 is 11.8 Å². The lowest BCUT2D eigenvalue weighted by Gasteiger charge is -2.40. The van der Waals surface area contributed by atoms with Gasteiger partial charge in [0.25, 0.3) is 0 Å². The second-order valence-electron chi connectivity index (χ2n) is 4.40. The van der Waals surface area contributed by atoms with E-state index in [9.17, 15) is 0 Å². The maximum atomic E-state index is 5.52. The standard InChI is InChI=1S/C10H20N2S/c11-3-1-9-5-12(6-9)4-2-10-7-13-8-10/h9-10H,1-8,11H2. The fourth-order valence-corrected chi connectivity index (χ4v) is 3.00. The normalized spacial score (nSPS) is 25.6. The third kappa shape index (κ3) is 2.61. The minimum absolute atomic E-state index is 0.873. The third-order valence-corrected chi connectivity index (χ3v) is 4.58. The summed E-state index contributed by atoms with van der Waals surface area (Å²) in [6.45, 7) is 4.85. The van der Waals surface area contributed by atoms with Gasteiger partial charge in [0.05, 0.1) is 0 Å². The van der Waals surface area contributed by atoms with Gasteiger partial charge in [-0.15, -0.1) is 0 Å². The molecule has 0 aromatic rings. The van der Waals surface area contributed by atoms with Crippen molar-refractivity contribution in [3.05, 3.63) is 0 Å². The highest BCUT2D eigenvalue weighted by atomic mass is 32.2. The van der Waals surface area contributed by atoms with Gasteiger partial charge in [-0.2, -0.15) is 11.8 Å². The minimum Gasteiger partial charge on any atom is -0.330 e. The monoisotopic (exact) mass is 200 g/mol. The zero-order valence-corrected chi connectivity index (χ0v) is 9.06. The largest absolute Gasteiger partial charge is 0.330 e. The Morgan fingerprint density at radius 2 is 1.92 bits per heavy atom. The Hall–Kier alpha value is 0.270. The summed E-state index contributed by atoms with van der Waals surface area (Å²) in [5.41, 5.74) is 5.52. The van der Waals surface area contributed by atoms with E-state index in [2.05, 4.69) is 16.7 Å². The number of hydrogen-bond donors (Lipinski definition) is 1. The Balaban J connectivity index is 1.49. The van der Waals surface area contributed by atoms with Crippen molar-refractivity contribution in [1.29, 1.82) is 0 Å². The van der Waals surface area contributed by atoms with Crippen LogP contribution in [-0.2, 0) is 0 Å². The summed E-state index contributed by atoms with van der Waals surface area (Å²) >= 11 is 2.10. The highest BCUT2D eigenvalue weighted by Gasteiger charge is 2.27. The second kappa shape index (κ2) is 4.67. The Morgan fingerprint density at radius 1 is 1.15 bits per heavy atom. The van der Waals surface area contributed by atoms with Crippen molar-refractivity contribution in [3.63, 3.8) is 0 Å². The van der Waals surface area contributed by atoms with Gasteiger partial charge in [-0.05, 0) is 49.3 Å². The molecule has 2 N–H and O–H groups in total. The summed E-state index contributed by atoms with van der Waals surface area (Å²) < 4.78 is 0. The molecule has 0 radical (unpaired) electrons. The molecule has 0 atom stereocenters. The van der Waals surface area contributed by atoms with Gasteiger partial charge in [-0.1, -0.05) is 0 Å². The van der Waals surface area contributed by atoms with E-state index in [0.717, 1.165) is 18.4 Å². The molecule has 2 rings (SSSR count). The fourth-order valence-electron chi connectivity index (χ4n) is 2.09. The molecule has 0 bridgehead atoms. The summed E-state index contributed by atoms with van der Waals surface area (Å²) in [5.74, 6) is 4.79. The van der Waals surface area contributed by atoms with Gasteiger partial charge in [-0.3, -0.25) is 0 Å². The van der Waals surface area contributed by atoms with Gasteiger partial charge < -0.3 is 10.6 Å². The predicted octanol–water partition coefficient (Wildman–Crippen LogP) is 1.02.